The molecule has 0 N–H and O–H groups in total. The van der Waals surface area contributed by atoms with E-state index >= 15 is 0 Å². The van der Waals surface area contributed by atoms with Crippen LogP contribution < -0.4 is 0 Å². The van der Waals surface area contributed by atoms with Crippen LogP contribution in [0.15, 0.2) is 12.2 Å². The van der Waals surface area contributed by atoms with Crippen molar-refractivity contribution in [3.8, 4) is 0 Å². The van der Waals surface area contributed by atoms with E-state index in [1.807, 2.05) is 0 Å². The average Bonchev–Trinajstić information content (AvgIpc) is 2.68. The molecule has 0 fully saturated rings. The fourth-order valence-corrected chi connectivity index (χ4v) is 7.90. The van der Waals surface area contributed by atoms with Gasteiger partial charge in [0, 0.05) is 12.0 Å². The summed E-state index contributed by atoms with van der Waals surface area (Å²) in [6, 6.07) is 3.36. The molecule has 0 aliphatic rings. The lowest BCUT2D eigenvalue weighted by Crippen LogP contribution is -2.40. The summed E-state index contributed by atoms with van der Waals surface area (Å²) >= 11 is 0. The zero-order chi connectivity index (χ0) is 22.0. The standard InChI is InChI=1S/C24H46O4Si/c1-6-9-14-19-29(20-15-10-7-2,21-16-11-8-3)28-23(25)17-12-13-18-27-24(26)22(4)5/h4,6-21H2,1-3,5H3. The molecular weight excluding hydrogens is 380 g/mol. The highest BCUT2D eigenvalue weighted by Gasteiger charge is 2.36. The summed E-state index contributed by atoms with van der Waals surface area (Å²) in [5.41, 5.74) is 0.409. The Balaban J connectivity index is 4.69. The second-order valence-corrected chi connectivity index (χ2v) is 12.5. The Kier molecular flexibility index (Phi) is 17.1. The molecule has 0 atom stereocenters. The second kappa shape index (κ2) is 17.7. The van der Waals surface area contributed by atoms with Crippen LogP contribution in [0.4, 0.5) is 0 Å². The Labute approximate surface area is 180 Å². The van der Waals surface area contributed by atoms with E-state index in [0.717, 1.165) is 18.1 Å². The molecule has 0 saturated heterocycles. The minimum absolute atomic E-state index is 0.0348. The van der Waals surface area contributed by atoms with Crippen molar-refractivity contribution < 1.29 is 18.8 Å². The summed E-state index contributed by atoms with van der Waals surface area (Å²) in [4.78, 5) is 24.0. The van der Waals surface area contributed by atoms with Crippen LogP contribution in [-0.2, 0) is 18.8 Å². The molecule has 0 amide bonds. The van der Waals surface area contributed by atoms with Gasteiger partial charge in [-0.1, -0.05) is 85.1 Å². The molecule has 0 aromatic heterocycles. The van der Waals surface area contributed by atoms with Crippen LogP contribution in [0, 0.1) is 0 Å². The molecule has 0 bridgehead atoms. The third-order valence-electron chi connectivity index (χ3n) is 5.40. The molecule has 29 heavy (non-hydrogen) atoms. The first-order chi connectivity index (χ1) is 13.9. The summed E-state index contributed by atoms with van der Waals surface area (Å²) in [7, 11) is -2.02. The van der Waals surface area contributed by atoms with Crippen LogP contribution in [-0.4, -0.2) is 26.9 Å². The van der Waals surface area contributed by atoms with Gasteiger partial charge in [0.25, 0.3) is 14.3 Å². The van der Waals surface area contributed by atoms with Gasteiger partial charge in [-0.25, -0.2) is 4.79 Å². The van der Waals surface area contributed by atoms with Gasteiger partial charge in [-0.2, -0.15) is 0 Å². The van der Waals surface area contributed by atoms with E-state index in [2.05, 4.69) is 27.4 Å². The molecule has 0 aromatic rings. The molecule has 170 valence electrons. The summed E-state index contributed by atoms with van der Waals surface area (Å²) < 4.78 is 11.4. The van der Waals surface area contributed by atoms with Gasteiger partial charge in [0.05, 0.1) is 6.61 Å². The van der Waals surface area contributed by atoms with Gasteiger partial charge in [-0.05, 0) is 37.9 Å². The van der Waals surface area contributed by atoms with E-state index in [1.165, 1.54) is 57.8 Å². The molecule has 0 heterocycles. The van der Waals surface area contributed by atoms with E-state index in [1.54, 1.807) is 6.92 Å². The van der Waals surface area contributed by atoms with Gasteiger partial charge in [0.1, 0.15) is 0 Å². The third-order valence-corrected chi connectivity index (χ3v) is 9.85. The monoisotopic (exact) mass is 426 g/mol. The Morgan fingerprint density at radius 2 is 1.24 bits per heavy atom. The first kappa shape index (κ1) is 27.9. The Morgan fingerprint density at radius 3 is 1.66 bits per heavy atom. The Bertz CT molecular complexity index is 435. The van der Waals surface area contributed by atoms with Crippen molar-refractivity contribution in [3.63, 3.8) is 0 Å². The van der Waals surface area contributed by atoms with Gasteiger partial charge < -0.3 is 9.16 Å². The lowest BCUT2D eigenvalue weighted by Gasteiger charge is -2.32. The molecule has 0 aliphatic carbocycles. The van der Waals surface area contributed by atoms with Crippen molar-refractivity contribution in [2.24, 2.45) is 0 Å². The maximum absolute atomic E-state index is 12.7. The van der Waals surface area contributed by atoms with E-state index < -0.39 is 8.32 Å². The zero-order valence-corrected chi connectivity index (χ0v) is 20.7. The molecule has 0 rings (SSSR count). The van der Waals surface area contributed by atoms with Crippen LogP contribution >= 0.6 is 0 Å². The molecule has 0 saturated carbocycles. The minimum atomic E-state index is -2.02. The highest BCUT2D eigenvalue weighted by atomic mass is 28.4. The van der Waals surface area contributed by atoms with E-state index in [-0.39, 0.29) is 11.9 Å². The summed E-state index contributed by atoms with van der Waals surface area (Å²) in [5.74, 6) is -0.394. The van der Waals surface area contributed by atoms with Crippen molar-refractivity contribution in [1.29, 1.82) is 0 Å². The molecule has 0 aliphatic heterocycles. The fraction of sp³-hybridized carbons (Fsp3) is 0.833. The number of rotatable bonds is 19. The van der Waals surface area contributed by atoms with Crippen LogP contribution in [0.5, 0.6) is 0 Å². The molecule has 5 heteroatoms. The van der Waals surface area contributed by atoms with Crippen LogP contribution in [0.25, 0.3) is 0 Å². The Hall–Kier alpha value is -1.10. The summed E-state index contributed by atoms with van der Waals surface area (Å²) in [6.45, 7) is 12.2. The maximum Gasteiger partial charge on any atom is 0.333 e. The van der Waals surface area contributed by atoms with Crippen molar-refractivity contribution in [1.82, 2.24) is 0 Å². The zero-order valence-electron chi connectivity index (χ0n) is 19.7. The summed E-state index contributed by atoms with van der Waals surface area (Å²) in [5, 5.41) is 0. The predicted molar refractivity (Wildman–Crippen MR) is 124 cm³/mol. The SMILES string of the molecule is C=C(C)C(=O)OCCCCC(=O)O[Si](CCCCC)(CCCCC)CCCCC. The number of hydrogen-bond donors (Lipinski definition) is 0. The van der Waals surface area contributed by atoms with Gasteiger partial charge >= 0.3 is 5.97 Å². The van der Waals surface area contributed by atoms with Crippen molar-refractivity contribution in [2.75, 3.05) is 6.61 Å². The molecule has 0 spiro atoms. The largest absolute Gasteiger partial charge is 0.519 e. The first-order valence-electron chi connectivity index (χ1n) is 11.9. The van der Waals surface area contributed by atoms with Gasteiger partial charge in [-0.3, -0.25) is 4.79 Å². The number of ether oxygens (including phenoxy) is 1. The van der Waals surface area contributed by atoms with Crippen LogP contribution in [0.2, 0.25) is 18.1 Å². The van der Waals surface area contributed by atoms with E-state index in [0.29, 0.717) is 31.4 Å². The number of hydrogen-bond acceptors (Lipinski definition) is 4. The number of unbranched alkanes of at least 4 members (excludes halogenated alkanes) is 7. The molecule has 0 radical (unpaired) electrons. The maximum atomic E-state index is 12.7. The molecule has 4 nitrogen and oxygen atoms in total. The first-order valence-corrected chi connectivity index (χ1v) is 14.5. The topological polar surface area (TPSA) is 52.6 Å². The fourth-order valence-electron chi connectivity index (χ4n) is 3.57. The smallest absolute Gasteiger partial charge is 0.333 e. The predicted octanol–water partition coefficient (Wildman–Crippen LogP) is 7.34. The lowest BCUT2D eigenvalue weighted by molar-refractivity contribution is -0.139. The average molecular weight is 427 g/mol. The van der Waals surface area contributed by atoms with Crippen LogP contribution in [0.1, 0.15) is 105 Å². The van der Waals surface area contributed by atoms with E-state index in [9.17, 15) is 9.59 Å². The molecule has 0 unspecified atom stereocenters. The number of esters is 1. The minimum Gasteiger partial charge on any atom is -0.519 e. The summed E-state index contributed by atoms with van der Waals surface area (Å²) in [6.07, 6.45) is 12.6. The number of carbonyl (C=O) groups is 2. The number of carbonyl (C=O) groups excluding carboxylic acids is 2. The van der Waals surface area contributed by atoms with Crippen molar-refractivity contribution in [3.05, 3.63) is 12.2 Å². The lowest BCUT2D eigenvalue weighted by atomic mass is 10.2. The quantitative estimate of drug-likeness (QED) is 0.0938. The van der Waals surface area contributed by atoms with Crippen molar-refractivity contribution in [2.45, 2.75) is 123 Å². The van der Waals surface area contributed by atoms with Crippen molar-refractivity contribution >= 4 is 20.3 Å². The van der Waals surface area contributed by atoms with E-state index in [4.69, 9.17) is 9.16 Å². The molecule has 0 aromatic carbocycles. The van der Waals surface area contributed by atoms with Crippen LogP contribution in [0.3, 0.4) is 0 Å². The highest BCUT2D eigenvalue weighted by Crippen LogP contribution is 2.31. The third kappa shape index (κ3) is 14.5. The highest BCUT2D eigenvalue weighted by molar-refractivity contribution is 6.75. The van der Waals surface area contributed by atoms with Gasteiger partial charge in [0.2, 0.25) is 0 Å². The Morgan fingerprint density at radius 1 is 0.759 bits per heavy atom. The van der Waals surface area contributed by atoms with Gasteiger partial charge in [0.15, 0.2) is 0 Å². The normalized spacial score (nSPS) is 11.3. The molecular formula is C24H46O4Si. The second-order valence-electron chi connectivity index (χ2n) is 8.40. The van der Waals surface area contributed by atoms with Gasteiger partial charge in [-0.15, -0.1) is 0 Å².